The van der Waals surface area contributed by atoms with E-state index < -0.39 is 0 Å². The average molecular weight is 80.1 g/mol. The highest BCUT2D eigenvalue weighted by Gasteiger charge is 1.41. The quantitative estimate of drug-likeness (QED) is 0.284. The maximum atomic E-state index is 4.70. The molecule has 0 amide bonds. The number of nitrogens with two attached hydrogens (primary N) is 2. The van der Waals surface area contributed by atoms with Crippen molar-refractivity contribution in [3.05, 3.63) is 0 Å². The van der Waals surface area contributed by atoms with Crippen LogP contribution in [0.3, 0.4) is 0 Å². The molecule has 0 aliphatic heterocycles. The summed E-state index contributed by atoms with van der Waals surface area (Å²) < 4.78 is 0. The van der Waals surface area contributed by atoms with E-state index in [0.717, 1.165) is 0 Å². The third-order valence-corrected chi connectivity index (χ3v) is 0.207. The Labute approximate surface area is 36.5 Å². The zero-order valence-corrected chi connectivity index (χ0v) is 3.15. The summed E-state index contributed by atoms with van der Waals surface area (Å²) in [5.41, 5.74) is 9.39. The molecule has 0 bridgehead atoms. The lowest BCUT2D eigenvalue weighted by atomic mass is 10.7. The standard InChI is InChI=1S/C4H4N2/c5-3-1-2-4-6/h5-6H2. The van der Waals surface area contributed by atoms with Crippen LogP contribution < -0.4 is 11.5 Å². The molecule has 0 unspecified atom stereocenters. The zero-order chi connectivity index (χ0) is 4.83. The molecule has 0 rings (SSSR count). The monoisotopic (exact) mass is 80.0 g/mol. The molecule has 2 nitrogen and oxygen atoms in total. The first-order valence-corrected chi connectivity index (χ1v) is 1.33. The predicted molar refractivity (Wildman–Crippen MR) is 23.9 cm³/mol. The molecule has 0 spiro atoms. The van der Waals surface area contributed by atoms with E-state index in [1.54, 1.807) is 0 Å². The van der Waals surface area contributed by atoms with Crippen molar-refractivity contribution in [3.63, 3.8) is 0 Å². The summed E-state index contributed by atoms with van der Waals surface area (Å²) in [6.07, 6.45) is 0. The van der Waals surface area contributed by atoms with E-state index >= 15 is 0 Å². The summed E-state index contributed by atoms with van der Waals surface area (Å²) in [7, 11) is 0. The van der Waals surface area contributed by atoms with Crippen molar-refractivity contribution in [2.45, 2.75) is 0 Å². The predicted octanol–water partition coefficient (Wildman–Crippen LogP) is -1.17. The molecule has 4 N–H and O–H groups in total. The Balaban J connectivity index is 3.43. The summed E-state index contributed by atoms with van der Waals surface area (Å²) in [4.78, 5) is 0. The molecular weight excluding hydrogens is 76.1 g/mol. The third-order valence-electron chi connectivity index (χ3n) is 0.207. The molecule has 0 radical (unpaired) electrons. The van der Waals surface area contributed by atoms with Crippen LogP contribution in [0.2, 0.25) is 0 Å². The summed E-state index contributed by atoms with van der Waals surface area (Å²) in [6, 6.07) is 4.13. The van der Waals surface area contributed by atoms with E-state index in [1.165, 1.54) is 0 Å². The number of hydrogen-bond acceptors (Lipinski definition) is 2. The minimum Gasteiger partial charge on any atom is -0.359 e. The normalized spacial score (nSPS) is 3.33. The Hall–Kier alpha value is -1.28. The SMILES string of the molecule is NC#CC#CN. The van der Waals surface area contributed by atoms with Gasteiger partial charge in [0.05, 0.1) is 0 Å². The molecule has 0 saturated heterocycles. The largest absolute Gasteiger partial charge is 0.359 e. The van der Waals surface area contributed by atoms with Crippen LogP contribution in [0, 0.1) is 23.9 Å². The second kappa shape index (κ2) is 3.72. The zero-order valence-electron chi connectivity index (χ0n) is 3.15. The molecule has 2 heteroatoms. The molecule has 0 atom stereocenters. The van der Waals surface area contributed by atoms with Crippen molar-refractivity contribution in [1.82, 2.24) is 0 Å². The van der Waals surface area contributed by atoms with Gasteiger partial charge in [0.25, 0.3) is 0 Å². The first-order valence-electron chi connectivity index (χ1n) is 1.33. The van der Waals surface area contributed by atoms with Crippen molar-refractivity contribution in [2.75, 3.05) is 0 Å². The van der Waals surface area contributed by atoms with Crippen LogP contribution in [0.15, 0.2) is 0 Å². The number of rotatable bonds is 0. The molecular formula is C4H4N2. The van der Waals surface area contributed by atoms with Crippen LogP contribution in [-0.4, -0.2) is 0 Å². The second-order valence-corrected chi connectivity index (χ2v) is 0.539. The molecule has 0 aromatic rings. The topological polar surface area (TPSA) is 52.0 Å². The van der Waals surface area contributed by atoms with Crippen LogP contribution in [0.1, 0.15) is 0 Å². The Morgan fingerprint density at radius 2 is 1.17 bits per heavy atom. The van der Waals surface area contributed by atoms with Gasteiger partial charge in [-0.25, -0.2) is 0 Å². The fourth-order valence-corrected chi connectivity index (χ4v) is 0.0722. The van der Waals surface area contributed by atoms with Gasteiger partial charge in [-0.05, 0) is 0 Å². The molecule has 0 aromatic carbocycles. The van der Waals surface area contributed by atoms with Crippen molar-refractivity contribution in [3.8, 4) is 23.9 Å². The van der Waals surface area contributed by atoms with Gasteiger partial charge in [-0.1, -0.05) is 0 Å². The lowest BCUT2D eigenvalue weighted by Crippen LogP contribution is -1.77. The van der Waals surface area contributed by atoms with Crippen LogP contribution in [0.4, 0.5) is 0 Å². The fraction of sp³-hybridized carbons (Fsp3) is 0. The van der Waals surface area contributed by atoms with Gasteiger partial charge in [-0.3, -0.25) is 0 Å². The highest BCUT2D eigenvalue weighted by Crippen LogP contribution is 1.36. The van der Waals surface area contributed by atoms with Gasteiger partial charge < -0.3 is 11.5 Å². The first kappa shape index (κ1) is 4.72. The maximum Gasteiger partial charge on any atom is 0.0160 e. The van der Waals surface area contributed by atoms with E-state index in [9.17, 15) is 0 Å². The summed E-state index contributed by atoms with van der Waals surface area (Å²) in [5.74, 6) is 4.48. The third kappa shape index (κ3) is 2.72. The Morgan fingerprint density at radius 1 is 0.833 bits per heavy atom. The Bertz CT molecular complexity index is 109. The van der Waals surface area contributed by atoms with Crippen molar-refractivity contribution < 1.29 is 0 Å². The molecule has 0 aliphatic carbocycles. The molecule has 0 heterocycles. The van der Waals surface area contributed by atoms with E-state index in [1.807, 2.05) is 0 Å². The summed E-state index contributed by atoms with van der Waals surface area (Å²) in [6.45, 7) is 0. The van der Waals surface area contributed by atoms with Gasteiger partial charge in [-0.15, -0.1) is 0 Å². The van der Waals surface area contributed by atoms with Gasteiger partial charge in [0.15, 0.2) is 0 Å². The van der Waals surface area contributed by atoms with E-state index in [4.69, 9.17) is 11.5 Å². The van der Waals surface area contributed by atoms with Crippen LogP contribution in [0.25, 0.3) is 0 Å². The van der Waals surface area contributed by atoms with E-state index in [-0.39, 0.29) is 0 Å². The first-order chi connectivity index (χ1) is 2.91. The average Bonchev–Trinajstić information content (AvgIpc) is 1.61. The van der Waals surface area contributed by atoms with Crippen molar-refractivity contribution in [1.29, 1.82) is 0 Å². The Kier molecular flexibility index (Phi) is 2.93. The number of hydrogen-bond donors (Lipinski definition) is 2. The molecule has 30 valence electrons. The summed E-state index contributed by atoms with van der Waals surface area (Å²) in [5, 5.41) is 0. The van der Waals surface area contributed by atoms with E-state index in [0.29, 0.717) is 0 Å². The summed E-state index contributed by atoms with van der Waals surface area (Å²) >= 11 is 0. The molecule has 0 aliphatic rings. The fourth-order valence-electron chi connectivity index (χ4n) is 0.0722. The van der Waals surface area contributed by atoms with Gasteiger partial charge in [0.1, 0.15) is 0 Å². The maximum absolute atomic E-state index is 4.70. The van der Waals surface area contributed by atoms with Crippen LogP contribution in [0.5, 0.6) is 0 Å². The lowest BCUT2D eigenvalue weighted by molar-refractivity contribution is 1.73. The molecule has 0 aromatic heterocycles. The van der Waals surface area contributed by atoms with E-state index in [2.05, 4.69) is 23.9 Å². The highest BCUT2D eigenvalue weighted by atomic mass is 14.5. The Morgan fingerprint density at radius 3 is 1.33 bits per heavy atom. The highest BCUT2D eigenvalue weighted by molar-refractivity contribution is 5.22. The van der Waals surface area contributed by atoms with Crippen LogP contribution in [-0.2, 0) is 0 Å². The second-order valence-electron chi connectivity index (χ2n) is 0.539. The minimum absolute atomic E-state index is 2.06. The molecule has 0 saturated carbocycles. The molecule has 0 fully saturated rings. The van der Waals surface area contributed by atoms with Gasteiger partial charge in [-0.2, -0.15) is 0 Å². The lowest BCUT2D eigenvalue weighted by Gasteiger charge is -1.50. The van der Waals surface area contributed by atoms with Crippen molar-refractivity contribution in [2.24, 2.45) is 11.5 Å². The van der Waals surface area contributed by atoms with Gasteiger partial charge in [0, 0.05) is 23.9 Å². The smallest absolute Gasteiger partial charge is 0.0160 e. The van der Waals surface area contributed by atoms with Crippen molar-refractivity contribution >= 4 is 0 Å². The van der Waals surface area contributed by atoms with Crippen LogP contribution >= 0.6 is 0 Å². The van der Waals surface area contributed by atoms with Gasteiger partial charge in [0.2, 0.25) is 0 Å². The minimum atomic E-state index is 2.06. The molecule has 6 heavy (non-hydrogen) atoms. The van der Waals surface area contributed by atoms with Gasteiger partial charge >= 0.3 is 0 Å².